The average Bonchev–Trinajstić information content (AvgIpc) is 2.28. The zero-order valence-corrected chi connectivity index (χ0v) is 11.2. The van der Waals surface area contributed by atoms with Crippen LogP contribution in [0.4, 0.5) is 5.69 Å². The Bertz CT molecular complexity index is 394. The second kappa shape index (κ2) is 7.19. The van der Waals surface area contributed by atoms with Crippen LogP contribution in [0.25, 0.3) is 0 Å². The number of anilines is 1. The minimum atomic E-state index is 0.514. The molecule has 1 aromatic rings. The third-order valence-electron chi connectivity index (χ3n) is 2.63. The number of nitrogens with zero attached hydrogens (tertiary/aromatic N) is 1. The van der Waals surface area contributed by atoms with E-state index in [0.29, 0.717) is 10.6 Å². The number of rotatable bonds is 6. The Morgan fingerprint density at radius 1 is 1.35 bits per heavy atom. The second-order valence-electron chi connectivity index (χ2n) is 4.62. The summed E-state index contributed by atoms with van der Waals surface area (Å²) in [6, 6.07) is 7.50. The van der Waals surface area contributed by atoms with Gasteiger partial charge in [-0.3, -0.25) is 0 Å². The van der Waals surface area contributed by atoms with Gasteiger partial charge in [0.05, 0.1) is 10.6 Å². The zero-order valence-electron chi connectivity index (χ0n) is 10.5. The fourth-order valence-electron chi connectivity index (χ4n) is 1.63. The molecule has 0 amide bonds. The Labute approximate surface area is 109 Å². The summed E-state index contributed by atoms with van der Waals surface area (Å²) in [5.74, 6) is 0.777. The molecule has 0 heterocycles. The van der Waals surface area contributed by atoms with Gasteiger partial charge < -0.3 is 5.32 Å². The van der Waals surface area contributed by atoms with Crippen LogP contribution in [-0.4, -0.2) is 6.54 Å². The molecule has 1 rings (SSSR count). The third-order valence-corrected chi connectivity index (χ3v) is 2.94. The Hall–Kier alpha value is -1.20. The number of nitrogens with one attached hydrogen (secondary N) is 1. The molecule has 0 atom stereocenters. The molecule has 0 unspecified atom stereocenters. The molecule has 0 saturated carbocycles. The molecule has 0 spiro atoms. The summed E-state index contributed by atoms with van der Waals surface area (Å²) in [6.45, 7) is 5.44. The maximum atomic E-state index is 8.75. The van der Waals surface area contributed by atoms with Crippen molar-refractivity contribution in [3.8, 4) is 6.07 Å². The van der Waals surface area contributed by atoms with Crippen LogP contribution in [0.15, 0.2) is 18.2 Å². The lowest BCUT2D eigenvalue weighted by Crippen LogP contribution is -2.02. The van der Waals surface area contributed by atoms with Crippen molar-refractivity contribution in [1.29, 1.82) is 5.26 Å². The first kappa shape index (κ1) is 13.9. The van der Waals surface area contributed by atoms with Crippen molar-refractivity contribution >= 4 is 17.3 Å². The van der Waals surface area contributed by atoms with Gasteiger partial charge in [-0.2, -0.15) is 5.26 Å². The molecular formula is C14H19ClN2. The van der Waals surface area contributed by atoms with Gasteiger partial charge in [0.1, 0.15) is 6.07 Å². The fourth-order valence-corrected chi connectivity index (χ4v) is 1.85. The molecule has 1 N–H and O–H groups in total. The molecule has 0 radical (unpaired) electrons. The first-order chi connectivity index (χ1) is 8.13. The van der Waals surface area contributed by atoms with Crippen LogP contribution in [0.5, 0.6) is 0 Å². The van der Waals surface area contributed by atoms with Crippen molar-refractivity contribution in [2.75, 3.05) is 11.9 Å². The van der Waals surface area contributed by atoms with Crippen LogP contribution in [0, 0.1) is 17.2 Å². The number of hydrogen-bond donors (Lipinski definition) is 1. The van der Waals surface area contributed by atoms with E-state index in [1.807, 2.05) is 12.1 Å². The molecule has 3 heteroatoms. The van der Waals surface area contributed by atoms with Crippen molar-refractivity contribution in [1.82, 2.24) is 0 Å². The number of halogens is 1. The number of benzene rings is 1. The topological polar surface area (TPSA) is 35.8 Å². The van der Waals surface area contributed by atoms with E-state index in [1.54, 1.807) is 6.07 Å². The highest BCUT2D eigenvalue weighted by atomic mass is 35.5. The number of nitriles is 1. The average molecular weight is 251 g/mol. The predicted octanol–water partition coefficient (Wildman–Crippen LogP) is 4.45. The summed E-state index contributed by atoms with van der Waals surface area (Å²) in [7, 11) is 0. The third kappa shape index (κ3) is 5.10. The summed E-state index contributed by atoms with van der Waals surface area (Å²) in [6.07, 6.45) is 3.68. The molecule has 2 nitrogen and oxygen atoms in total. The van der Waals surface area contributed by atoms with Gasteiger partial charge in [-0.05, 0) is 30.5 Å². The quantitative estimate of drug-likeness (QED) is 0.757. The fraction of sp³-hybridized carbons (Fsp3) is 0.500. The highest BCUT2D eigenvalue weighted by Crippen LogP contribution is 2.20. The molecule has 92 valence electrons. The van der Waals surface area contributed by atoms with Crippen LogP contribution in [0.3, 0.4) is 0 Å². The number of hydrogen-bond acceptors (Lipinski definition) is 2. The monoisotopic (exact) mass is 250 g/mol. The molecular weight excluding hydrogens is 232 g/mol. The summed E-state index contributed by atoms with van der Waals surface area (Å²) < 4.78 is 0. The Balaban J connectivity index is 2.33. The SMILES string of the molecule is CC(C)CCCCNc1ccc(C#N)c(Cl)c1. The van der Waals surface area contributed by atoms with Crippen molar-refractivity contribution in [2.45, 2.75) is 33.1 Å². The molecule has 17 heavy (non-hydrogen) atoms. The lowest BCUT2D eigenvalue weighted by atomic mass is 10.1. The van der Waals surface area contributed by atoms with Crippen LogP contribution in [0.1, 0.15) is 38.7 Å². The van der Waals surface area contributed by atoms with E-state index < -0.39 is 0 Å². The second-order valence-corrected chi connectivity index (χ2v) is 5.03. The van der Waals surface area contributed by atoms with E-state index in [4.69, 9.17) is 16.9 Å². The van der Waals surface area contributed by atoms with Crippen LogP contribution < -0.4 is 5.32 Å². The van der Waals surface area contributed by atoms with Gasteiger partial charge in [0, 0.05) is 12.2 Å². The summed E-state index contributed by atoms with van der Waals surface area (Å²) in [4.78, 5) is 0. The molecule has 0 saturated heterocycles. The zero-order chi connectivity index (χ0) is 12.7. The van der Waals surface area contributed by atoms with Crippen LogP contribution in [0.2, 0.25) is 5.02 Å². The Morgan fingerprint density at radius 2 is 2.12 bits per heavy atom. The van der Waals surface area contributed by atoms with Gasteiger partial charge in [-0.25, -0.2) is 0 Å². The van der Waals surface area contributed by atoms with Crippen LogP contribution >= 0.6 is 11.6 Å². The van der Waals surface area contributed by atoms with Gasteiger partial charge in [0.25, 0.3) is 0 Å². The Kier molecular flexibility index (Phi) is 5.86. The highest BCUT2D eigenvalue weighted by molar-refractivity contribution is 6.32. The minimum absolute atomic E-state index is 0.514. The lowest BCUT2D eigenvalue weighted by Gasteiger charge is -2.08. The lowest BCUT2D eigenvalue weighted by molar-refractivity contribution is 0.545. The van der Waals surface area contributed by atoms with Crippen molar-refractivity contribution in [3.63, 3.8) is 0 Å². The summed E-state index contributed by atoms with van der Waals surface area (Å²) in [5.41, 5.74) is 1.51. The minimum Gasteiger partial charge on any atom is -0.385 e. The van der Waals surface area contributed by atoms with Crippen molar-refractivity contribution < 1.29 is 0 Å². The normalized spacial score (nSPS) is 10.3. The largest absolute Gasteiger partial charge is 0.385 e. The molecule has 0 bridgehead atoms. The van der Waals surface area contributed by atoms with E-state index >= 15 is 0 Å². The standard InChI is InChI=1S/C14H19ClN2/c1-11(2)5-3-4-8-17-13-7-6-12(10-16)14(15)9-13/h6-7,9,11,17H,3-5,8H2,1-2H3. The predicted molar refractivity (Wildman–Crippen MR) is 73.3 cm³/mol. The van der Waals surface area contributed by atoms with E-state index in [0.717, 1.165) is 24.6 Å². The highest BCUT2D eigenvalue weighted by Gasteiger charge is 2.00. The molecule has 0 aliphatic carbocycles. The first-order valence-corrected chi connectivity index (χ1v) is 6.45. The smallest absolute Gasteiger partial charge is 0.101 e. The summed E-state index contributed by atoms with van der Waals surface area (Å²) >= 11 is 5.95. The van der Waals surface area contributed by atoms with E-state index in [-0.39, 0.29) is 0 Å². The molecule has 0 aromatic heterocycles. The maximum absolute atomic E-state index is 8.75. The van der Waals surface area contributed by atoms with Gasteiger partial charge in [-0.15, -0.1) is 0 Å². The first-order valence-electron chi connectivity index (χ1n) is 6.07. The summed E-state index contributed by atoms with van der Waals surface area (Å²) in [5, 5.41) is 12.6. The van der Waals surface area contributed by atoms with E-state index in [9.17, 15) is 0 Å². The molecule has 0 fully saturated rings. The molecule has 0 aliphatic heterocycles. The van der Waals surface area contributed by atoms with Gasteiger partial charge in [0.15, 0.2) is 0 Å². The van der Waals surface area contributed by atoms with Crippen molar-refractivity contribution in [3.05, 3.63) is 28.8 Å². The van der Waals surface area contributed by atoms with E-state index in [2.05, 4.69) is 25.2 Å². The van der Waals surface area contributed by atoms with E-state index in [1.165, 1.54) is 12.8 Å². The molecule has 1 aromatic carbocycles. The number of unbranched alkanes of at least 4 members (excludes halogenated alkanes) is 1. The Morgan fingerprint density at radius 3 is 2.71 bits per heavy atom. The van der Waals surface area contributed by atoms with Gasteiger partial charge in [-0.1, -0.05) is 38.3 Å². The van der Waals surface area contributed by atoms with Gasteiger partial charge in [0.2, 0.25) is 0 Å². The van der Waals surface area contributed by atoms with Crippen LogP contribution in [-0.2, 0) is 0 Å². The van der Waals surface area contributed by atoms with Gasteiger partial charge >= 0.3 is 0 Å². The van der Waals surface area contributed by atoms with Crippen molar-refractivity contribution in [2.24, 2.45) is 5.92 Å². The molecule has 0 aliphatic rings. The maximum Gasteiger partial charge on any atom is 0.101 e.